The Morgan fingerprint density at radius 1 is 1.29 bits per heavy atom. The van der Waals surface area contributed by atoms with Crippen LogP contribution in [0.4, 0.5) is 5.13 Å². The third-order valence-electron chi connectivity index (χ3n) is 5.04. The number of thiazole rings is 1. The van der Waals surface area contributed by atoms with E-state index in [1.54, 1.807) is 0 Å². The SMILES string of the molecule is CC(C)c1ccc(-c2csc(NC(=O)CC3C(=O)NCCN3C(C)C)n2)cc1. The molecule has 6 nitrogen and oxygen atoms in total. The molecule has 1 aliphatic heterocycles. The summed E-state index contributed by atoms with van der Waals surface area (Å²) in [5.74, 6) is 0.214. The van der Waals surface area contributed by atoms with Crippen LogP contribution in [0.1, 0.15) is 45.6 Å². The maximum absolute atomic E-state index is 12.5. The number of aromatic nitrogens is 1. The highest BCUT2D eigenvalue weighted by atomic mass is 32.1. The van der Waals surface area contributed by atoms with Gasteiger partial charge in [-0.2, -0.15) is 0 Å². The number of nitrogens with one attached hydrogen (secondary N) is 2. The van der Waals surface area contributed by atoms with Crippen LogP contribution < -0.4 is 10.6 Å². The summed E-state index contributed by atoms with van der Waals surface area (Å²) in [6, 6.07) is 8.12. The van der Waals surface area contributed by atoms with Crippen molar-refractivity contribution in [3.05, 3.63) is 35.2 Å². The molecule has 7 heteroatoms. The minimum atomic E-state index is -0.434. The summed E-state index contributed by atoms with van der Waals surface area (Å²) >= 11 is 1.40. The molecule has 3 rings (SSSR count). The molecule has 1 aromatic carbocycles. The summed E-state index contributed by atoms with van der Waals surface area (Å²) < 4.78 is 0. The van der Waals surface area contributed by atoms with Crippen LogP contribution in [-0.2, 0) is 9.59 Å². The molecule has 2 amide bonds. The van der Waals surface area contributed by atoms with Crippen LogP contribution in [-0.4, -0.2) is 46.9 Å². The number of benzene rings is 1. The van der Waals surface area contributed by atoms with Crippen molar-refractivity contribution in [1.29, 1.82) is 0 Å². The predicted octanol–water partition coefficient (Wildman–Crippen LogP) is 3.47. The monoisotopic (exact) mass is 400 g/mol. The van der Waals surface area contributed by atoms with E-state index in [0.29, 0.717) is 17.6 Å². The number of amides is 2. The Hall–Kier alpha value is -2.25. The first-order valence-electron chi connectivity index (χ1n) is 9.74. The lowest BCUT2D eigenvalue weighted by molar-refractivity contribution is -0.133. The van der Waals surface area contributed by atoms with E-state index in [4.69, 9.17) is 0 Å². The lowest BCUT2D eigenvalue weighted by atomic mass is 10.0. The highest BCUT2D eigenvalue weighted by molar-refractivity contribution is 7.14. The Morgan fingerprint density at radius 2 is 2.00 bits per heavy atom. The summed E-state index contributed by atoms with van der Waals surface area (Å²) in [4.78, 5) is 31.3. The summed E-state index contributed by atoms with van der Waals surface area (Å²) in [5.41, 5.74) is 3.15. The van der Waals surface area contributed by atoms with Gasteiger partial charge in [0, 0.05) is 30.1 Å². The molecular formula is C21H28N4O2S. The van der Waals surface area contributed by atoms with Crippen LogP contribution in [0.5, 0.6) is 0 Å². The molecule has 0 spiro atoms. The second kappa shape index (κ2) is 8.84. The molecule has 1 saturated heterocycles. The van der Waals surface area contributed by atoms with E-state index < -0.39 is 6.04 Å². The van der Waals surface area contributed by atoms with E-state index in [2.05, 4.69) is 58.6 Å². The van der Waals surface area contributed by atoms with E-state index in [1.807, 2.05) is 19.2 Å². The first kappa shape index (κ1) is 20.5. The summed E-state index contributed by atoms with van der Waals surface area (Å²) in [6.07, 6.45) is 0.127. The predicted molar refractivity (Wildman–Crippen MR) is 114 cm³/mol. The molecule has 0 aliphatic carbocycles. The first-order valence-corrected chi connectivity index (χ1v) is 10.6. The highest BCUT2D eigenvalue weighted by Crippen LogP contribution is 2.27. The van der Waals surface area contributed by atoms with Crippen molar-refractivity contribution < 1.29 is 9.59 Å². The topological polar surface area (TPSA) is 74.3 Å². The third-order valence-corrected chi connectivity index (χ3v) is 5.80. The van der Waals surface area contributed by atoms with E-state index in [1.165, 1.54) is 16.9 Å². The molecule has 1 aromatic heterocycles. The summed E-state index contributed by atoms with van der Waals surface area (Å²) in [7, 11) is 0. The van der Waals surface area contributed by atoms with Gasteiger partial charge in [-0.15, -0.1) is 11.3 Å². The fourth-order valence-electron chi connectivity index (χ4n) is 3.41. The minimum absolute atomic E-state index is 0.0832. The quantitative estimate of drug-likeness (QED) is 0.779. The van der Waals surface area contributed by atoms with Gasteiger partial charge in [-0.1, -0.05) is 38.1 Å². The van der Waals surface area contributed by atoms with Crippen molar-refractivity contribution >= 4 is 28.3 Å². The van der Waals surface area contributed by atoms with Gasteiger partial charge in [0.05, 0.1) is 18.2 Å². The number of hydrogen-bond donors (Lipinski definition) is 2. The van der Waals surface area contributed by atoms with Gasteiger partial charge in [-0.3, -0.25) is 14.5 Å². The fraction of sp³-hybridized carbons (Fsp3) is 0.476. The molecule has 1 atom stereocenters. The molecule has 2 N–H and O–H groups in total. The van der Waals surface area contributed by atoms with Crippen LogP contribution in [0.15, 0.2) is 29.6 Å². The zero-order chi connectivity index (χ0) is 20.3. The van der Waals surface area contributed by atoms with Gasteiger partial charge in [0.1, 0.15) is 0 Å². The number of hydrogen-bond acceptors (Lipinski definition) is 5. The van der Waals surface area contributed by atoms with Crippen molar-refractivity contribution in [1.82, 2.24) is 15.2 Å². The van der Waals surface area contributed by atoms with Gasteiger partial charge in [0.15, 0.2) is 5.13 Å². The third kappa shape index (κ3) is 4.77. The van der Waals surface area contributed by atoms with Crippen molar-refractivity contribution in [2.24, 2.45) is 0 Å². The fourth-order valence-corrected chi connectivity index (χ4v) is 4.14. The molecule has 1 aliphatic rings. The molecule has 1 fully saturated rings. The Morgan fingerprint density at radius 3 is 2.64 bits per heavy atom. The zero-order valence-corrected chi connectivity index (χ0v) is 17.7. The molecule has 0 saturated carbocycles. The Balaban J connectivity index is 1.64. The standard InChI is InChI=1S/C21H28N4O2S/c1-13(2)15-5-7-16(8-6-15)17-12-28-21(23-17)24-19(26)11-18-20(27)22-9-10-25(18)14(3)4/h5-8,12-14,18H,9-11H2,1-4H3,(H,22,27)(H,23,24,26). The molecule has 1 unspecified atom stereocenters. The number of nitrogens with zero attached hydrogens (tertiary/aromatic N) is 2. The second-order valence-electron chi connectivity index (χ2n) is 7.71. The molecule has 0 radical (unpaired) electrons. The van der Waals surface area contributed by atoms with E-state index in [9.17, 15) is 9.59 Å². The van der Waals surface area contributed by atoms with Crippen LogP contribution in [0.25, 0.3) is 11.3 Å². The van der Waals surface area contributed by atoms with Gasteiger partial charge in [-0.05, 0) is 25.3 Å². The van der Waals surface area contributed by atoms with E-state index >= 15 is 0 Å². The lowest BCUT2D eigenvalue weighted by Crippen LogP contribution is -2.58. The van der Waals surface area contributed by atoms with Gasteiger partial charge in [-0.25, -0.2) is 4.98 Å². The Bertz CT molecular complexity index is 829. The number of anilines is 1. The normalized spacial score (nSPS) is 17.8. The van der Waals surface area contributed by atoms with Gasteiger partial charge in [0.2, 0.25) is 11.8 Å². The van der Waals surface area contributed by atoms with Gasteiger partial charge < -0.3 is 10.6 Å². The number of carbonyl (C=O) groups excluding carboxylic acids is 2. The van der Waals surface area contributed by atoms with E-state index in [-0.39, 0.29) is 24.3 Å². The molecule has 150 valence electrons. The average Bonchev–Trinajstić information content (AvgIpc) is 3.11. The average molecular weight is 401 g/mol. The minimum Gasteiger partial charge on any atom is -0.353 e. The molecule has 2 heterocycles. The summed E-state index contributed by atoms with van der Waals surface area (Å²) in [5, 5.41) is 8.20. The lowest BCUT2D eigenvalue weighted by Gasteiger charge is -2.37. The Kier molecular flexibility index (Phi) is 6.46. The number of carbonyl (C=O) groups is 2. The van der Waals surface area contributed by atoms with Crippen molar-refractivity contribution in [2.45, 2.75) is 52.1 Å². The van der Waals surface area contributed by atoms with Gasteiger partial charge in [0.25, 0.3) is 0 Å². The molecule has 0 bridgehead atoms. The summed E-state index contributed by atoms with van der Waals surface area (Å²) in [6.45, 7) is 9.80. The first-order chi connectivity index (χ1) is 13.3. The van der Waals surface area contributed by atoms with Crippen molar-refractivity contribution in [3.8, 4) is 11.3 Å². The van der Waals surface area contributed by atoms with Crippen molar-refractivity contribution in [2.75, 3.05) is 18.4 Å². The largest absolute Gasteiger partial charge is 0.353 e. The molecule has 2 aromatic rings. The number of rotatable bonds is 6. The van der Waals surface area contributed by atoms with Crippen LogP contribution >= 0.6 is 11.3 Å². The van der Waals surface area contributed by atoms with Crippen molar-refractivity contribution in [3.63, 3.8) is 0 Å². The smallest absolute Gasteiger partial charge is 0.237 e. The molecular weight excluding hydrogens is 372 g/mol. The zero-order valence-electron chi connectivity index (χ0n) is 16.9. The second-order valence-corrected chi connectivity index (χ2v) is 8.56. The number of piperazine rings is 1. The molecule has 28 heavy (non-hydrogen) atoms. The Labute approximate surface area is 170 Å². The van der Waals surface area contributed by atoms with Crippen LogP contribution in [0.2, 0.25) is 0 Å². The maximum atomic E-state index is 12.5. The van der Waals surface area contributed by atoms with Gasteiger partial charge >= 0.3 is 0 Å². The van der Waals surface area contributed by atoms with Crippen LogP contribution in [0.3, 0.4) is 0 Å². The maximum Gasteiger partial charge on any atom is 0.237 e. The highest BCUT2D eigenvalue weighted by Gasteiger charge is 2.33. The van der Waals surface area contributed by atoms with Crippen LogP contribution in [0, 0.1) is 0 Å². The van der Waals surface area contributed by atoms with E-state index in [0.717, 1.165) is 17.8 Å².